The summed E-state index contributed by atoms with van der Waals surface area (Å²) in [5.41, 5.74) is 7.21. The summed E-state index contributed by atoms with van der Waals surface area (Å²) in [6.45, 7) is 3.22. The highest BCUT2D eigenvalue weighted by Gasteiger charge is 2.16. The molecule has 1 nitrogen and oxygen atoms in total. The summed E-state index contributed by atoms with van der Waals surface area (Å²) >= 11 is 3.25. The van der Waals surface area contributed by atoms with Crippen LogP contribution in [0.1, 0.15) is 42.0 Å². The fourth-order valence-corrected chi connectivity index (χ4v) is 3.10. The van der Waals surface area contributed by atoms with Gasteiger partial charge in [0.15, 0.2) is 0 Å². The van der Waals surface area contributed by atoms with Crippen molar-refractivity contribution in [2.75, 3.05) is 26.0 Å². The number of hydrogen-bond acceptors (Lipinski definition) is 1. The molecule has 2 aromatic rings. The van der Waals surface area contributed by atoms with Gasteiger partial charge in [-0.3, -0.25) is 0 Å². The molecule has 0 fully saturated rings. The number of benzene rings is 2. The number of nitrogens with zero attached hydrogens (tertiary/aromatic N) is 1. The third-order valence-electron chi connectivity index (χ3n) is 4.39. The van der Waals surface area contributed by atoms with Crippen LogP contribution in [0.15, 0.2) is 54.6 Å². The summed E-state index contributed by atoms with van der Waals surface area (Å²) in [6, 6.07) is 17.7. The lowest BCUT2D eigenvalue weighted by Crippen LogP contribution is -2.12. The van der Waals surface area contributed by atoms with Gasteiger partial charge in [-0.1, -0.05) is 77.5 Å². The Morgan fingerprint density at radius 1 is 0.920 bits per heavy atom. The number of halogens is 1. The molecule has 0 N–H and O–H groups in total. The zero-order chi connectivity index (χ0) is 18.1. The van der Waals surface area contributed by atoms with E-state index in [0.717, 1.165) is 31.1 Å². The van der Waals surface area contributed by atoms with Crippen molar-refractivity contribution in [3.63, 3.8) is 0 Å². The van der Waals surface area contributed by atoms with Crippen molar-refractivity contribution >= 4 is 21.5 Å². The largest absolute Gasteiger partial charge is 0.309 e. The predicted molar refractivity (Wildman–Crippen MR) is 115 cm³/mol. The highest BCUT2D eigenvalue weighted by Crippen LogP contribution is 2.33. The minimum Gasteiger partial charge on any atom is -0.309 e. The van der Waals surface area contributed by atoms with E-state index in [1.54, 1.807) is 0 Å². The molecule has 134 valence electrons. The van der Waals surface area contributed by atoms with Crippen LogP contribution in [0.2, 0.25) is 0 Å². The van der Waals surface area contributed by atoms with Crippen molar-refractivity contribution in [1.29, 1.82) is 0 Å². The van der Waals surface area contributed by atoms with Gasteiger partial charge >= 0.3 is 0 Å². The maximum atomic E-state index is 3.25. The molecule has 0 saturated carbocycles. The Morgan fingerprint density at radius 3 is 1.84 bits per heavy atom. The van der Waals surface area contributed by atoms with Crippen LogP contribution in [0.25, 0.3) is 5.57 Å². The molecule has 0 heterocycles. The number of rotatable bonds is 4. The van der Waals surface area contributed by atoms with Crippen LogP contribution in [0, 0.1) is 0 Å². The molecule has 25 heavy (non-hydrogen) atoms. The zero-order valence-electron chi connectivity index (χ0n) is 15.8. The highest BCUT2D eigenvalue weighted by molar-refractivity contribution is 9.09. The second-order valence-electron chi connectivity index (χ2n) is 6.71. The molecule has 0 amide bonds. The average Bonchev–Trinajstić information content (AvgIpc) is 2.79. The molecule has 0 radical (unpaired) electrons. The van der Waals surface area contributed by atoms with Gasteiger partial charge in [0.25, 0.3) is 0 Å². The molecule has 0 spiro atoms. The summed E-state index contributed by atoms with van der Waals surface area (Å²) in [6.07, 6.45) is 7.02. The van der Waals surface area contributed by atoms with E-state index in [2.05, 4.69) is 96.5 Å². The number of aryl methyl sites for hydroxylation is 2. The van der Waals surface area contributed by atoms with E-state index in [0.29, 0.717) is 0 Å². The fraction of sp³-hybridized carbons (Fsp3) is 0.391. The summed E-state index contributed by atoms with van der Waals surface area (Å²) in [4.78, 5) is 2.24. The van der Waals surface area contributed by atoms with E-state index in [9.17, 15) is 0 Å². The van der Waals surface area contributed by atoms with Crippen LogP contribution in [0.3, 0.4) is 0 Å². The topological polar surface area (TPSA) is 3.24 Å². The van der Waals surface area contributed by atoms with E-state index in [1.807, 2.05) is 0 Å². The van der Waals surface area contributed by atoms with Crippen molar-refractivity contribution in [1.82, 2.24) is 4.90 Å². The Kier molecular flexibility index (Phi) is 8.43. The first-order valence-corrected chi connectivity index (χ1v) is 10.4. The molecule has 2 heteroatoms. The maximum absolute atomic E-state index is 3.25. The predicted octanol–water partition coefficient (Wildman–Crippen LogP) is 5.96. The Hall–Kier alpha value is -1.38. The zero-order valence-corrected chi connectivity index (χ0v) is 17.3. The van der Waals surface area contributed by atoms with Crippen LogP contribution < -0.4 is 0 Å². The quantitative estimate of drug-likeness (QED) is 0.573. The van der Waals surface area contributed by atoms with Gasteiger partial charge in [0.1, 0.15) is 0 Å². The van der Waals surface area contributed by atoms with Gasteiger partial charge in [-0.15, -0.1) is 0 Å². The first-order chi connectivity index (χ1) is 12.2. The molecule has 0 saturated heterocycles. The van der Waals surface area contributed by atoms with Crippen LogP contribution in [-0.4, -0.2) is 30.9 Å². The molecule has 0 unspecified atom stereocenters. The number of hydrogen-bond donors (Lipinski definition) is 0. The monoisotopic (exact) mass is 399 g/mol. The van der Waals surface area contributed by atoms with Gasteiger partial charge in [0.05, 0.1) is 0 Å². The summed E-state index contributed by atoms with van der Waals surface area (Å²) in [5, 5.41) is 1.13. The van der Waals surface area contributed by atoms with Crippen LogP contribution in [-0.2, 0) is 12.8 Å². The van der Waals surface area contributed by atoms with E-state index < -0.39 is 0 Å². The van der Waals surface area contributed by atoms with E-state index in [4.69, 9.17) is 0 Å². The van der Waals surface area contributed by atoms with Crippen LogP contribution in [0.4, 0.5) is 0 Å². The third-order valence-corrected chi connectivity index (χ3v) is 5.19. The molecule has 0 aliphatic heterocycles. The molecule has 0 bridgehead atoms. The maximum Gasteiger partial charge on any atom is 0.00286 e. The minimum atomic E-state index is 1.09. The van der Waals surface area contributed by atoms with E-state index in [-0.39, 0.29) is 0 Å². The Morgan fingerprint density at radius 2 is 1.40 bits per heavy atom. The minimum absolute atomic E-state index is 1.09. The lowest BCUT2D eigenvalue weighted by molar-refractivity contribution is 0.417. The van der Waals surface area contributed by atoms with Crippen molar-refractivity contribution in [3.8, 4) is 0 Å². The smallest absolute Gasteiger partial charge is 0.00286 e. The Labute approximate surface area is 161 Å². The van der Waals surface area contributed by atoms with Crippen molar-refractivity contribution < 1.29 is 0 Å². The number of alkyl halides is 1. The van der Waals surface area contributed by atoms with Gasteiger partial charge in [-0.25, -0.2) is 0 Å². The fourth-order valence-electron chi connectivity index (χ4n) is 3.10. The second-order valence-corrected chi connectivity index (χ2v) is 7.51. The van der Waals surface area contributed by atoms with Crippen molar-refractivity contribution in [3.05, 3.63) is 76.9 Å². The third kappa shape index (κ3) is 5.83. The average molecular weight is 400 g/mol. The van der Waals surface area contributed by atoms with E-state index in [1.165, 1.54) is 34.2 Å². The Bertz CT molecular complexity index is 636. The van der Waals surface area contributed by atoms with Crippen molar-refractivity contribution in [2.45, 2.75) is 32.6 Å². The number of fused-ring (bicyclic) bond motifs is 2. The molecule has 0 atom stereocenters. The second kappa shape index (κ2) is 10.6. The van der Waals surface area contributed by atoms with Gasteiger partial charge < -0.3 is 4.90 Å². The standard InChI is InChI=1S/C20H23N.C3H7Br/c1-21(2)15-7-12-20-18-10-5-3-8-16(18)13-14-17-9-4-6-11-19(17)20;1-2-3-4/h3-6,8-12H,7,13-15H2,1-2H3;2-3H2,1H3. The summed E-state index contributed by atoms with van der Waals surface area (Å²) in [7, 11) is 4.26. The summed E-state index contributed by atoms with van der Waals surface area (Å²) < 4.78 is 0. The molecule has 0 aromatic heterocycles. The van der Waals surface area contributed by atoms with E-state index >= 15 is 0 Å². The van der Waals surface area contributed by atoms with Gasteiger partial charge in [-0.2, -0.15) is 0 Å². The molecule has 1 aliphatic rings. The Balaban J connectivity index is 0.000000511. The lowest BCUT2D eigenvalue weighted by Gasteiger charge is -2.13. The normalized spacial score (nSPS) is 12.6. The molecular formula is C23H30BrN. The first-order valence-electron chi connectivity index (χ1n) is 9.24. The van der Waals surface area contributed by atoms with Gasteiger partial charge in [0.2, 0.25) is 0 Å². The molecule has 2 aromatic carbocycles. The molecule has 3 rings (SSSR count). The van der Waals surface area contributed by atoms with Gasteiger partial charge in [-0.05, 0) is 67.6 Å². The van der Waals surface area contributed by atoms with Gasteiger partial charge in [0, 0.05) is 11.9 Å². The van der Waals surface area contributed by atoms with Crippen LogP contribution >= 0.6 is 15.9 Å². The molecular weight excluding hydrogens is 370 g/mol. The first kappa shape index (κ1) is 19.9. The lowest BCUT2D eigenvalue weighted by atomic mass is 9.93. The highest BCUT2D eigenvalue weighted by atomic mass is 79.9. The summed E-state index contributed by atoms with van der Waals surface area (Å²) in [5.74, 6) is 0. The SMILES string of the molecule is CCCBr.CN(C)CCC=C1c2ccccc2CCc2ccccc21. The van der Waals surface area contributed by atoms with Crippen LogP contribution in [0.5, 0.6) is 0 Å². The van der Waals surface area contributed by atoms with Crippen molar-refractivity contribution in [2.24, 2.45) is 0 Å². The molecule has 1 aliphatic carbocycles.